The Kier molecular flexibility index (Phi) is 3.09. The molecule has 0 unspecified atom stereocenters. The van der Waals surface area contributed by atoms with E-state index in [2.05, 4.69) is 20.9 Å². The minimum absolute atomic E-state index is 0.103. The maximum Gasteiger partial charge on any atom is 0.358 e. The Morgan fingerprint density at radius 3 is 2.76 bits per heavy atom. The van der Waals surface area contributed by atoms with Crippen LogP contribution in [0, 0.1) is 0 Å². The molecule has 0 radical (unpaired) electrons. The fraction of sp³-hybridized carbons (Fsp3) is 0.214. The van der Waals surface area contributed by atoms with Gasteiger partial charge in [0.2, 0.25) is 0 Å². The van der Waals surface area contributed by atoms with Crippen LogP contribution in [0.1, 0.15) is 23.2 Å². The number of aromatic nitrogens is 3. The summed E-state index contributed by atoms with van der Waals surface area (Å²) in [6.45, 7) is 1.90. The van der Waals surface area contributed by atoms with Gasteiger partial charge in [-0.05, 0) is 28.1 Å². The summed E-state index contributed by atoms with van der Waals surface area (Å²) < 4.78 is 3.75. The topological polar surface area (TPSA) is 76.6 Å². The van der Waals surface area contributed by atoms with Crippen molar-refractivity contribution < 1.29 is 9.90 Å². The Morgan fingerprint density at radius 2 is 2.14 bits per heavy atom. The third-order valence-corrected chi connectivity index (χ3v) is 4.17. The van der Waals surface area contributed by atoms with Gasteiger partial charge in [0.05, 0.1) is 10.9 Å². The normalized spacial score (nSPS) is 11.4. The van der Waals surface area contributed by atoms with E-state index in [0.717, 1.165) is 0 Å². The number of fused-ring (bicyclic) bond motifs is 3. The highest BCUT2D eigenvalue weighted by atomic mass is 79.9. The van der Waals surface area contributed by atoms with Crippen molar-refractivity contribution in [2.24, 2.45) is 7.05 Å². The SMILES string of the molecule is CCc1nc(C(=O)O)c2n(C)c(=O)c3c(Br)cccc3n12. The molecule has 7 heteroatoms. The highest BCUT2D eigenvalue weighted by Gasteiger charge is 2.22. The standard InChI is InChI=1S/C14H12BrN3O3/c1-3-9-16-11(14(20)21)12-17(2)13(19)10-7(15)5-4-6-8(10)18(9)12/h4-6H,3H2,1-2H3,(H,20,21). The fourth-order valence-electron chi connectivity index (χ4n) is 2.57. The number of hydrogen-bond donors (Lipinski definition) is 1. The molecule has 1 N–H and O–H groups in total. The van der Waals surface area contributed by atoms with Crippen molar-refractivity contribution in [2.45, 2.75) is 13.3 Å². The van der Waals surface area contributed by atoms with Gasteiger partial charge in [0.25, 0.3) is 5.56 Å². The summed E-state index contributed by atoms with van der Waals surface area (Å²) in [5.74, 6) is -0.530. The zero-order valence-electron chi connectivity index (χ0n) is 11.4. The van der Waals surface area contributed by atoms with Gasteiger partial charge in [-0.3, -0.25) is 13.8 Å². The second kappa shape index (κ2) is 4.70. The molecule has 0 aliphatic rings. The quantitative estimate of drug-likeness (QED) is 0.769. The van der Waals surface area contributed by atoms with Crippen LogP contribution in [0.4, 0.5) is 0 Å². The van der Waals surface area contributed by atoms with Crippen LogP contribution in [0.2, 0.25) is 0 Å². The molecule has 0 fully saturated rings. The molecule has 21 heavy (non-hydrogen) atoms. The molecule has 3 aromatic rings. The Balaban J connectivity index is 2.72. The lowest BCUT2D eigenvalue weighted by atomic mass is 10.2. The number of rotatable bonds is 2. The van der Waals surface area contributed by atoms with E-state index in [1.165, 1.54) is 4.57 Å². The van der Waals surface area contributed by atoms with E-state index in [1.54, 1.807) is 23.6 Å². The molecule has 0 bridgehead atoms. The van der Waals surface area contributed by atoms with Gasteiger partial charge in [-0.15, -0.1) is 0 Å². The summed E-state index contributed by atoms with van der Waals surface area (Å²) in [5, 5.41) is 9.84. The molecule has 0 atom stereocenters. The summed E-state index contributed by atoms with van der Waals surface area (Å²) in [6.07, 6.45) is 0.564. The average molecular weight is 350 g/mol. The van der Waals surface area contributed by atoms with Gasteiger partial charge in [-0.1, -0.05) is 13.0 Å². The van der Waals surface area contributed by atoms with E-state index in [4.69, 9.17) is 0 Å². The van der Waals surface area contributed by atoms with Crippen molar-refractivity contribution >= 4 is 38.4 Å². The van der Waals surface area contributed by atoms with E-state index < -0.39 is 5.97 Å². The first kappa shape index (κ1) is 13.8. The molecule has 3 rings (SSSR count). The first-order valence-electron chi connectivity index (χ1n) is 6.39. The largest absolute Gasteiger partial charge is 0.476 e. The summed E-state index contributed by atoms with van der Waals surface area (Å²) >= 11 is 3.39. The summed E-state index contributed by atoms with van der Waals surface area (Å²) in [5.41, 5.74) is 0.595. The Morgan fingerprint density at radius 1 is 1.43 bits per heavy atom. The predicted octanol–water partition coefficient (Wildman–Crippen LogP) is 2.21. The minimum atomic E-state index is -1.14. The molecule has 0 spiro atoms. The molecule has 108 valence electrons. The number of carboxylic acid groups (broad SMARTS) is 1. The highest BCUT2D eigenvalue weighted by molar-refractivity contribution is 9.10. The number of benzene rings is 1. The molecule has 0 aliphatic carbocycles. The summed E-state index contributed by atoms with van der Waals surface area (Å²) in [6, 6.07) is 5.39. The molecule has 6 nitrogen and oxygen atoms in total. The first-order chi connectivity index (χ1) is 9.97. The van der Waals surface area contributed by atoms with Crippen LogP contribution in [0.5, 0.6) is 0 Å². The Labute approximate surface area is 127 Å². The van der Waals surface area contributed by atoms with Crippen LogP contribution in [0.3, 0.4) is 0 Å². The number of carbonyl (C=O) groups is 1. The monoisotopic (exact) mass is 349 g/mol. The zero-order valence-corrected chi connectivity index (χ0v) is 13.0. The second-order valence-corrected chi connectivity index (χ2v) is 5.55. The van der Waals surface area contributed by atoms with Crippen LogP contribution in [0.25, 0.3) is 16.6 Å². The van der Waals surface area contributed by atoms with Gasteiger partial charge >= 0.3 is 5.97 Å². The number of carboxylic acids is 1. The summed E-state index contributed by atoms with van der Waals surface area (Å²) in [7, 11) is 1.56. The van der Waals surface area contributed by atoms with E-state index in [0.29, 0.717) is 33.3 Å². The maximum absolute atomic E-state index is 12.5. The molecule has 0 saturated carbocycles. The number of nitrogens with zero attached hydrogens (tertiary/aromatic N) is 3. The van der Waals surface area contributed by atoms with E-state index in [-0.39, 0.29) is 11.3 Å². The van der Waals surface area contributed by atoms with Crippen LogP contribution < -0.4 is 5.56 Å². The average Bonchev–Trinajstić information content (AvgIpc) is 2.84. The first-order valence-corrected chi connectivity index (χ1v) is 7.18. The molecule has 2 heterocycles. The lowest BCUT2D eigenvalue weighted by Crippen LogP contribution is -2.21. The van der Waals surface area contributed by atoms with Gasteiger partial charge < -0.3 is 5.11 Å². The number of hydrogen-bond acceptors (Lipinski definition) is 3. The van der Waals surface area contributed by atoms with Crippen molar-refractivity contribution in [3.05, 3.63) is 44.5 Å². The number of aryl methyl sites for hydroxylation is 2. The highest BCUT2D eigenvalue weighted by Crippen LogP contribution is 2.24. The summed E-state index contributed by atoms with van der Waals surface area (Å²) in [4.78, 5) is 28.1. The molecular formula is C14H12BrN3O3. The second-order valence-electron chi connectivity index (χ2n) is 4.69. The lowest BCUT2D eigenvalue weighted by Gasteiger charge is -2.10. The van der Waals surface area contributed by atoms with Crippen molar-refractivity contribution in [1.29, 1.82) is 0 Å². The molecule has 0 amide bonds. The lowest BCUT2D eigenvalue weighted by molar-refractivity contribution is 0.0692. The van der Waals surface area contributed by atoms with Crippen LogP contribution >= 0.6 is 15.9 Å². The van der Waals surface area contributed by atoms with Gasteiger partial charge in [0.15, 0.2) is 11.3 Å². The predicted molar refractivity (Wildman–Crippen MR) is 82.0 cm³/mol. The Bertz CT molecular complexity index is 956. The van der Waals surface area contributed by atoms with Crippen molar-refractivity contribution in [3.8, 4) is 0 Å². The Hall–Kier alpha value is -2.15. The van der Waals surface area contributed by atoms with Gasteiger partial charge in [0.1, 0.15) is 5.82 Å². The van der Waals surface area contributed by atoms with Crippen molar-refractivity contribution in [1.82, 2.24) is 14.0 Å². The third-order valence-electron chi connectivity index (χ3n) is 3.51. The van der Waals surface area contributed by atoms with E-state index in [9.17, 15) is 14.7 Å². The van der Waals surface area contributed by atoms with Crippen LogP contribution in [-0.4, -0.2) is 25.0 Å². The van der Waals surface area contributed by atoms with Gasteiger partial charge in [0, 0.05) is 17.9 Å². The van der Waals surface area contributed by atoms with Crippen molar-refractivity contribution in [3.63, 3.8) is 0 Å². The molecule has 0 aliphatic heterocycles. The smallest absolute Gasteiger partial charge is 0.358 e. The molecule has 2 aromatic heterocycles. The molecular weight excluding hydrogens is 338 g/mol. The van der Waals surface area contributed by atoms with Gasteiger partial charge in [-0.2, -0.15) is 0 Å². The van der Waals surface area contributed by atoms with E-state index in [1.807, 2.05) is 13.0 Å². The number of aromatic carboxylic acids is 1. The fourth-order valence-corrected chi connectivity index (χ4v) is 3.10. The molecule has 1 aromatic carbocycles. The maximum atomic E-state index is 12.5. The van der Waals surface area contributed by atoms with E-state index >= 15 is 0 Å². The van der Waals surface area contributed by atoms with Crippen LogP contribution in [0.15, 0.2) is 27.5 Å². The van der Waals surface area contributed by atoms with Crippen LogP contribution in [-0.2, 0) is 13.5 Å². The minimum Gasteiger partial charge on any atom is -0.476 e. The third kappa shape index (κ3) is 1.80. The molecule has 0 saturated heterocycles. The zero-order chi connectivity index (χ0) is 15.3. The van der Waals surface area contributed by atoms with Gasteiger partial charge in [-0.25, -0.2) is 9.78 Å². The number of halogens is 1. The van der Waals surface area contributed by atoms with Crippen molar-refractivity contribution in [2.75, 3.05) is 0 Å². The number of imidazole rings is 1.